The fraction of sp³-hybridized carbons (Fsp3) is 0.529. The van der Waals surface area contributed by atoms with Crippen molar-refractivity contribution < 1.29 is 14.3 Å². The maximum atomic E-state index is 12.6. The zero-order valence-electron chi connectivity index (χ0n) is 13.6. The maximum absolute atomic E-state index is 12.6. The second-order valence-electron chi connectivity index (χ2n) is 6.04. The van der Waals surface area contributed by atoms with Crippen LogP contribution in [0.4, 0.5) is 11.4 Å². The molecule has 0 aliphatic carbocycles. The monoisotopic (exact) mass is 304 g/mol. The molecule has 0 saturated carbocycles. The molecule has 1 aliphatic rings. The molecule has 22 heavy (non-hydrogen) atoms. The molecule has 0 radical (unpaired) electrons. The van der Waals surface area contributed by atoms with Crippen molar-refractivity contribution in [1.82, 2.24) is 0 Å². The molecule has 0 bridgehead atoms. The average molecular weight is 304 g/mol. The number of hydrogen-bond donors (Lipinski definition) is 1. The first kappa shape index (κ1) is 16.3. The molecule has 5 nitrogen and oxygen atoms in total. The largest absolute Gasteiger partial charge is 0.464 e. The lowest BCUT2D eigenvalue weighted by molar-refractivity contribution is -0.147. The van der Waals surface area contributed by atoms with E-state index >= 15 is 0 Å². The molecule has 120 valence electrons. The molecule has 1 aliphatic heterocycles. The Kier molecular flexibility index (Phi) is 5.06. The normalized spacial score (nSPS) is 18.7. The molecule has 0 saturated heterocycles. The fourth-order valence-electron chi connectivity index (χ4n) is 2.55. The number of nitrogens with zero attached hydrogens (tertiary/aromatic N) is 1. The van der Waals surface area contributed by atoms with Gasteiger partial charge in [0.1, 0.15) is 12.1 Å². The molecule has 1 aromatic carbocycles. The summed E-state index contributed by atoms with van der Waals surface area (Å²) < 4.78 is 5.36. The Morgan fingerprint density at radius 2 is 2.05 bits per heavy atom. The third kappa shape index (κ3) is 3.24. The van der Waals surface area contributed by atoms with E-state index in [4.69, 9.17) is 4.74 Å². The summed E-state index contributed by atoms with van der Waals surface area (Å²) >= 11 is 0. The molecule has 2 rings (SSSR count). The van der Waals surface area contributed by atoms with E-state index in [-0.39, 0.29) is 23.8 Å². The number of anilines is 2. The number of esters is 1. The van der Waals surface area contributed by atoms with Gasteiger partial charge in [-0.15, -0.1) is 0 Å². The van der Waals surface area contributed by atoms with Crippen LogP contribution in [0, 0.1) is 5.92 Å². The topological polar surface area (TPSA) is 58.6 Å². The first-order chi connectivity index (χ1) is 10.5. The van der Waals surface area contributed by atoms with E-state index < -0.39 is 6.04 Å². The molecule has 2 atom stereocenters. The molecule has 1 heterocycles. The van der Waals surface area contributed by atoms with E-state index in [1.165, 1.54) is 0 Å². The lowest BCUT2D eigenvalue weighted by Crippen LogP contribution is -2.53. The average Bonchev–Trinajstić information content (AvgIpc) is 2.49. The number of nitrogens with one attached hydrogen (secondary N) is 1. The standard InChI is InChI=1S/C17H24N2O3/c1-5-14(17(21)22-10-11(2)3)19-15-9-7-6-8-13(15)18-12(4)16(19)20/h6-9,11-12,14,18H,5,10H2,1-4H3. The van der Waals surface area contributed by atoms with Crippen LogP contribution in [0.2, 0.25) is 0 Å². The summed E-state index contributed by atoms with van der Waals surface area (Å²) in [7, 11) is 0. The zero-order chi connectivity index (χ0) is 16.3. The summed E-state index contributed by atoms with van der Waals surface area (Å²) in [6.45, 7) is 8.04. The number of ether oxygens (including phenoxy) is 1. The quantitative estimate of drug-likeness (QED) is 0.850. The van der Waals surface area contributed by atoms with E-state index in [9.17, 15) is 9.59 Å². The Hall–Kier alpha value is -2.04. The molecular weight excluding hydrogens is 280 g/mol. The van der Waals surface area contributed by atoms with E-state index in [0.29, 0.717) is 13.0 Å². The number of para-hydroxylation sites is 2. The van der Waals surface area contributed by atoms with Crippen molar-refractivity contribution in [2.24, 2.45) is 5.92 Å². The molecule has 5 heteroatoms. The molecule has 1 amide bonds. The van der Waals surface area contributed by atoms with Crippen LogP contribution in [0.1, 0.15) is 34.1 Å². The zero-order valence-corrected chi connectivity index (χ0v) is 13.6. The van der Waals surface area contributed by atoms with Crippen LogP contribution < -0.4 is 10.2 Å². The fourth-order valence-corrected chi connectivity index (χ4v) is 2.55. The van der Waals surface area contributed by atoms with E-state index in [1.54, 1.807) is 11.8 Å². The number of carbonyl (C=O) groups is 2. The third-order valence-electron chi connectivity index (χ3n) is 3.67. The minimum absolute atomic E-state index is 0.105. The van der Waals surface area contributed by atoms with Crippen molar-refractivity contribution in [3.8, 4) is 0 Å². The van der Waals surface area contributed by atoms with E-state index in [0.717, 1.165) is 11.4 Å². The predicted molar refractivity (Wildman–Crippen MR) is 86.9 cm³/mol. The van der Waals surface area contributed by atoms with Crippen LogP contribution in [0.5, 0.6) is 0 Å². The minimum atomic E-state index is -0.586. The van der Waals surface area contributed by atoms with Gasteiger partial charge >= 0.3 is 5.97 Å². The van der Waals surface area contributed by atoms with E-state index in [1.807, 2.05) is 45.0 Å². The number of rotatable bonds is 5. The number of hydrogen-bond acceptors (Lipinski definition) is 4. The summed E-state index contributed by atoms with van der Waals surface area (Å²) in [5, 5.41) is 3.16. The molecule has 0 spiro atoms. The molecule has 2 unspecified atom stereocenters. The second-order valence-corrected chi connectivity index (χ2v) is 6.04. The van der Waals surface area contributed by atoms with Crippen LogP contribution in [0.3, 0.4) is 0 Å². The second kappa shape index (κ2) is 6.81. The van der Waals surface area contributed by atoms with Crippen LogP contribution in [-0.2, 0) is 14.3 Å². The molecule has 1 N–H and O–H groups in total. The Balaban J connectivity index is 2.30. The Morgan fingerprint density at radius 1 is 1.36 bits per heavy atom. The van der Waals surface area contributed by atoms with Crippen LogP contribution in [0.25, 0.3) is 0 Å². The Morgan fingerprint density at radius 3 is 2.68 bits per heavy atom. The molecular formula is C17H24N2O3. The van der Waals surface area contributed by atoms with Gasteiger partial charge in [0.15, 0.2) is 0 Å². The lowest BCUT2D eigenvalue weighted by atomic mass is 10.1. The van der Waals surface area contributed by atoms with Crippen molar-refractivity contribution >= 4 is 23.3 Å². The predicted octanol–water partition coefficient (Wildman–Crippen LogP) is 2.81. The van der Waals surface area contributed by atoms with Gasteiger partial charge in [0, 0.05) is 0 Å². The van der Waals surface area contributed by atoms with Crippen molar-refractivity contribution in [2.75, 3.05) is 16.8 Å². The Labute approximate surface area is 131 Å². The van der Waals surface area contributed by atoms with Crippen molar-refractivity contribution in [1.29, 1.82) is 0 Å². The van der Waals surface area contributed by atoms with E-state index in [2.05, 4.69) is 5.32 Å². The van der Waals surface area contributed by atoms with Gasteiger partial charge < -0.3 is 10.1 Å². The van der Waals surface area contributed by atoms with Gasteiger partial charge in [-0.25, -0.2) is 4.79 Å². The Bertz CT molecular complexity index is 557. The smallest absolute Gasteiger partial charge is 0.329 e. The van der Waals surface area contributed by atoms with Gasteiger partial charge in [-0.05, 0) is 31.4 Å². The molecule has 1 aromatic rings. The highest BCUT2D eigenvalue weighted by Gasteiger charge is 2.37. The minimum Gasteiger partial charge on any atom is -0.464 e. The van der Waals surface area contributed by atoms with Crippen LogP contribution >= 0.6 is 0 Å². The van der Waals surface area contributed by atoms with Gasteiger partial charge in [-0.2, -0.15) is 0 Å². The van der Waals surface area contributed by atoms with Gasteiger partial charge in [0.25, 0.3) is 0 Å². The van der Waals surface area contributed by atoms with Crippen molar-refractivity contribution in [2.45, 2.75) is 46.2 Å². The van der Waals surface area contributed by atoms with Gasteiger partial charge in [0.2, 0.25) is 5.91 Å². The number of amides is 1. The summed E-state index contributed by atoms with van der Waals surface area (Å²) in [6.07, 6.45) is 0.518. The van der Waals surface area contributed by atoms with Gasteiger partial charge in [0.05, 0.1) is 18.0 Å². The SMILES string of the molecule is CCC(C(=O)OCC(C)C)N1C(=O)C(C)Nc2ccccc21. The molecule has 0 fully saturated rings. The van der Waals surface area contributed by atoms with Crippen LogP contribution in [-0.4, -0.2) is 30.6 Å². The summed E-state index contributed by atoms with van der Waals surface area (Å²) in [6, 6.07) is 6.59. The first-order valence-corrected chi connectivity index (χ1v) is 7.81. The highest BCUT2D eigenvalue weighted by Crippen LogP contribution is 2.33. The summed E-state index contributed by atoms with van der Waals surface area (Å²) in [5.41, 5.74) is 1.60. The maximum Gasteiger partial charge on any atom is 0.329 e. The molecule has 0 aromatic heterocycles. The van der Waals surface area contributed by atoms with Crippen molar-refractivity contribution in [3.05, 3.63) is 24.3 Å². The highest BCUT2D eigenvalue weighted by atomic mass is 16.5. The van der Waals surface area contributed by atoms with Crippen molar-refractivity contribution in [3.63, 3.8) is 0 Å². The third-order valence-corrected chi connectivity index (χ3v) is 3.67. The number of carbonyl (C=O) groups excluding carboxylic acids is 2. The lowest BCUT2D eigenvalue weighted by Gasteiger charge is -2.37. The summed E-state index contributed by atoms with van der Waals surface area (Å²) in [4.78, 5) is 26.6. The number of fused-ring (bicyclic) bond motifs is 1. The first-order valence-electron chi connectivity index (χ1n) is 7.81. The van der Waals surface area contributed by atoms with Gasteiger partial charge in [-0.3, -0.25) is 9.69 Å². The number of benzene rings is 1. The van der Waals surface area contributed by atoms with Crippen LogP contribution in [0.15, 0.2) is 24.3 Å². The van der Waals surface area contributed by atoms with Gasteiger partial charge in [-0.1, -0.05) is 32.9 Å². The highest BCUT2D eigenvalue weighted by molar-refractivity contribution is 6.08. The summed E-state index contributed by atoms with van der Waals surface area (Å²) in [5.74, 6) is -0.174.